The lowest BCUT2D eigenvalue weighted by molar-refractivity contribution is 0.0725. The number of carbonyl (C=O) groups is 1. The van der Waals surface area contributed by atoms with Gasteiger partial charge in [-0.1, -0.05) is 6.07 Å². The molecule has 1 unspecified atom stereocenters. The van der Waals surface area contributed by atoms with Crippen LogP contribution >= 0.6 is 0 Å². The molecule has 0 saturated carbocycles. The topological polar surface area (TPSA) is 86.8 Å². The van der Waals surface area contributed by atoms with Gasteiger partial charge in [-0.15, -0.1) is 0 Å². The van der Waals surface area contributed by atoms with Gasteiger partial charge in [0.15, 0.2) is 11.5 Å². The van der Waals surface area contributed by atoms with Crippen LogP contribution in [-0.4, -0.2) is 40.2 Å². The summed E-state index contributed by atoms with van der Waals surface area (Å²) in [7, 11) is 0. The van der Waals surface area contributed by atoms with Gasteiger partial charge in [0, 0.05) is 12.6 Å². The van der Waals surface area contributed by atoms with Gasteiger partial charge in [0.2, 0.25) is 0 Å². The molecule has 2 rings (SSSR count). The fourth-order valence-electron chi connectivity index (χ4n) is 2.62. The Morgan fingerprint density at radius 2 is 2.21 bits per heavy atom. The van der Waals surface area contributed by atoms with Gasteiger partial charge in [-0.05, 0) is 44.4 Å². The minimum absolute atomic E-state index is 0.166. The SMILES string of the molecule is NCCCC1CCCN1C(=O)c1cccc(O)c1O. The average molecular weight is 264 g/mol. The van der Waals surface area contributed by atoms with E-state index >= 15 is 0 Å². The highest BCUT2D eigenvalue weighted by molar-refractivity contribution is 5.97. The Balaban J connectivity index is 2.16. The third kappa shape index (κ3) is 2.81. The number of nitrogens with zero attached hydrogens (tertiary/aromatic N) is 1. The van der Waals surface area contributed by atoms with Crippen LogP contribution in [0.4, 0.5) is 0 Å². The second-order valence-electron chi connectivity index (χ2n) is 4.90. The molecule has 0 aromatic heterocycles. The summed E-state index contributed by atoms with van der Waals surface area (Å²) >= 11 is 0. The molecule has 1 heterocycles. The molecule has 1 aliphatic heterocycles. The number of hydrogen-bond donors (Lipinski definition) is 3. The van der Waals surface area contributed by atoms with Gasteiger partial charge >= 0.3 is 0 Å². The average Bonchev–Trinajstić information content (AvgIpc) is 2.87. The Morgan fingerprint density at radius 1 is 1.42 bits per heavy atom. The lowest BCUT2D eigenvalue weighted by Gasteiger charge is -2.25. The summed E-state index contributed by atoms with van der Waals surface area (Å²) in [6, 6.07) is 4.66. The maximum absolute atomic E-state index is 12.4. The summed E-state index contributed by atoms with van der Waals surface area (Å²) in [5.41, 5.74) is 5.67. The number of phenolic OH excluding ortho intramolecular Hbond substituents is 2. The highest BCUT2D eigenvalue weighted by Gasteiger charge is 2.30. The number of nitrogens with two attached hydrogens (primary N) is 1. The zero-order chi connectivity index (χ0) is 13.8. The Morgan fingerprint density at radius 3 is 2.95 bits per heavy atom. The Hall–Kier alpha value is -1.75. The van der Waals surface area contributed by atoms with Crippen LogP contribution in [-0.2, 0) is 0 Å². The van der Waals surface area contributed by atoms with Crippen LogP contribution in [0.1, 0.15) is 36.0 Å². The second kappa shape index (κ2) is 5.93. The summed E-state index contributed by atoms with van der Waals surface area (Å²) in [6.07, 6.45) is 3.73. The third-order valence-electron chi connectivity index (χ3n) is 3.62. The molecule has 104 valence electrons. The third-order valence-corrected chi connectivity index (χ3v) is 3.62. The summed E-state index contributed by atoms with van der Waals surface area (Å²) in [4.78, 5) is 14.2. The summed E-state index contributed by atoms with van der Waals surface area (Å²) < 4.78 is 0. The molecule has 0 bridgehead atoms. The first kappa shape index (κ1) is 13.7. The van der Waals surface area contributed by atoms with E-state index in [2.05, 4.69) is 0 Å². The molecule has 1 aliphatic rings. The molecule has 0 radical (unpaired) electrons. The van der Waals surface area contributed by atoms with Gasteiger partial charge in [0.05, 0.1) is 5.56 Å². The summed E-state index contributed by atoms with van der Waals surface area (Å²) in [5.74, 6) is -0.812. The summed E-state index contributed by atoms with van der Waals surface area (Å²) in [5, 5.41) is 19.2. The molecule has 1 aromatic carbocycles. The predicted molar refractivity (Wildman–Crippen MR) is 72.1 cm³/mol. The highest BCUT2D eigenvalue weighted by Crippen LogP contribution is 2.31. The van der Waals surface area contributed by atoms with Crippen molar-refractivity contribution in [2.24, 2.45) is 5.73 Å². The number of benzene rings is 1. The lowest BCUT2D eigenvalue weighted by atomic mass is 10.1. The number of hydrogen-bond acceptors (Lipinski definition) is 4. The van der Waals surface area contributed by atoms with Crippen molar-refractivity contribution in [3.8, 4) is 11.5 Å². The Labute approximate surface area is 112 Å². The van der Waals surface area contributed by atoms with Crippen molar-refractivity contribution in [3.05, 3.63) is 23.8 Å². The van der Waals surface area contributed by atoms with Gasteiger partial charge < -0.3 is 20.8 Å². The number of likely N-dealkylation sites (tertiary alicyclic amines) is 1. The van der Waals surface area contributed by atoms with Crippen molar-refractivity contribution in [2.45, 2.75) is 31.7 Å². The van der Waals surface area contributed by atoms with Crippen LogP contribution in [0.5, 0.6) is 11.5 Å². The molecule has 1 atom stereocenters. The normalized spacial score (nSPS) is 18.8. The van der Waals surface area contributed by atoms with Crippen molar-refractivity contribution in [2.75, 3.05) is 13.1 Å². The van der Waals surface area contributed by atoms with Crippen LogP contribution in [0, 0.1) is 0 Å². The summed E-state index contributed by atoms with van der Waals surface area (Å²) in [6.45, 7) is 1.32. The van der Waals surface area contributed by atoms with Gasteiger partial charge in [-0.3, -0.25) is 4.79 Å². The first-order valence-corrected chi connectivity index (χ1v) is 6.67. The van der Waals surface area contributed by atoms with Crippen LogP contribution < -0.4 is 5.73 Å². The second-order valence-corrected chi connectivity index (χ2v) is 4.90. The largest absolute Gasteiger partial charge is 0.504 e. The van der Waals surface area contributed by atoms with E-state index in [1.165, 1.54) is 12.1 Å². The fourth-order valence-corrected chi connectivity index (χ4v) is 2.62. The Bertz CT molecular complexity index is 462. The van der Waals surface area contributed by atoms with Crippen molar-refractivity contribution in [3.63, 3.8) is 0 Å². The molecular weight excluding hydrogens is 244 g/mol. The maximum atomic E-state index is 12.4. The zero-order valence-corrected chi connectivity index (χ0v) is 10.9. The van der Waals surface area contributed by atoms with Crippen LogP contribution in [0.15, 0.2) is 18.2 Å². The molecule has 0 aliphatic carbocycles. The van der Waals surface area contributed by atoms with E-state index < -0.39 is 0 Å². The van der Waals surface area contributed by atoms with E-state index in [-0.39, 0.29) is 29.0 Å². The van der Waals surface area contributed by atoms with Gasteiger partial charge in [-0.2, -0.15) is 0 Å². The van der Waals surface area contributed by atoms with Crippen LogP contribution in [0.3, 0.4) is 0 Å². The van der Waals surface area contributed by atoms with Crippen molar-refractivity contribution in [1.82, 2.24) is 4.90 Å². The number of aromatic hydroxyl groups is 2. The van der Waals surface area contributed by atoms with Crippen molar-refractivity contribution >= 4 is 5.91 Å². The van der Waals surface area contributed by atoms with E-state index in [1.54, 1.807) is 11.0 Å². The number of carbonyl (C=O) groups excluding carboxylic acids is 1. The predicted octanol–water partition coefficient (Wildman–Crippen LogP) is 1.44. The monoisotopic (exact) mass is 264 g/mol. The van der Waals surface area contributed by atoms with E-state index in [0.29, 0.717) is 13.1 Å². The van der Waals surface area contributed by atoms with Gasteiger partial charge in [-0.25, -0.2) is 0 Å². The molecule has 4 N–H and O–H groups in total. The molecule has 1 saturated heterocycles. The van der Waals surface area contributed by atoms with Crippen LogP contribution in [0.25, 0.3) is 0 Å². The van der Waals surface area contributed by atoms with Crippen molar-refractivity contribution < 1.29 is 15.0 Å². The van der Waals surface area contributed by atoms with E-state index in [0.717, 1.165) is 25.7 Å². The highest BCUT2D eigenvalue weighted by atomic mass is 16.3. The van der Waals surface area contributed by atoms with Gasteiger partial charge in [0.1, 0.15) is 0 Å². The minimum atomic E-state index is -0.336. The van der Waals surface area contributed by atoms with Gasteiger partial charge in [0.25, 0.3) is 5.91 Å². The smallest absolute Gasteiger partial charge is 0.258 e. The first-order valence-electron chi connectivity index (χ1n) is 6.67. The molecule has 5 nitrogen and oxygen atoms in total. The maximum Gasteiger partial charge on any atom is 0.258 e. The van der Waals surface area contributed by atoms with Crippen molar-refractivity contribution in [1.29, 1.82) is 0 Å². The molecule has 1 amide bonds. The lowest BCUT2D eigenvalue weighted by Crippen LogP contribution is -2.35. The standard InChI is InChI=1S/C14H20N2O3/c15-8-2-4-10-5-3-9-16(10)14(19)11-6-1-7-12(17)13(11)18/h1,6-7,10,17-18H,2-5,8-9,15H2. The number of amides is 1. The molecule has 1 aromatic rings. The quantitative estimate of drug-likeness (QED) is 0.718. The zero-order valence-electron chi connectivity index (χ0n) is 10.9. The van der Waals surface area contributed by atoms with E-state index in [1.807, 2.05) is 0 Å². The number of rotatable bonds is 4. The molecular formula is C14H20N2O3. The molecule has 19 heavy (non-hydrogen) atoms. The first-order chi connectivity index (χ1) is 9.15. The number of phenols is 2. The van der Waals surface area contributed by atoms with E-state index in [9.17, 15) is 15.0 Å². The Kier molecular flexibility index (Phi) is 4.27. The molecule has 0 spiro atoms. The van der Waals surface area contributed by atoms with E-state index in [4.69, 9.17) is 5.73 Å². The molecule has 1 fully saturated rings. The number of para-hydroxylation sites is 1. The molecule has 5 heteroatoms. The fraction of sp³-hybridized carbons (Fsp3) is 0.500. The minimum Gasteiger partial charge on any atom is -0.504 e. The van der Waals surface area contributed by atoms with Crippen LogP contribution in [0.2, 0.25) is 0 Å².